The zero-order chi connectivity index (χ0) is 12.3. The summed E-state index contributed by atoms with van der Waals surface area (Å²) in [5.74, 6) is -0.0811. The molecule has 0 bridgehead atoms. The highest BCUT2D eigenvalue weighted by atomic mass is 79.9. The van der Waals surface area contributed by atoms with Crippen molar-refractivity contribution in [2.45, 2.75) is 33.7 Å². The molecule has 4 heteroatoms. The zero-order valence-corrected chi connectivity index (χ0v) is 11.6. The topological polar surface area (TPSA) is 42.0 Å². The highest BCUT2D eigenvalue weighted by molar-refractivity contribution is 9.10. The van der Waals surface area contributed by atoms with Crippen LogP contribution >= 0.6 is 15.9 Å². The average Bonchev–Trinajstić information content (AvgIpc) is 2.17. The molecule has 0 fully saturated rings. The molecule has 1 aromatic rings. The molecular weight excluding hydrogens is 268 g/mol. The van der Waals surface area contributed by atoms with Gasteiger partial charge < -0.3 is 5.32 Å². The second kappa shape index (κ2) is 4.95. The third kappa shape index (κ3) is 3.59. The molecule has 1 unspecified atom stereocenters. The number of hydrogen-bond donors (Lipinski definition) is 1. The lowest BCUT2D eigenvalue weighted by atomic mass is 9.88. The summed E-state index contributed by atoms with van der Waals surface area (Å²) in [5.41, 5.74) is 0.637. The Morgan fingerprint density at radius 3 is 2.50 bits per heavy atom. The standard InChI is InChI=1S/C12H17BrN2O/c1-8(12(2,3)4)15-11(16)9-5-6-10(13)14-7-9/h5-8H,1-4H3,(H,15,16). The Morgan fingerprint density at radius 2 is 2.06 bits per heavy atom. The van der Waals surface area contributed by atoms with Crippen molar-refractivity contribution in [2.75, 3.05) is 0 Å². The molecule has 1 rings (SSSR count). The van der Waals surface area contributed by atoms with Crippen molar-refractivity contribution in [1.82, 2.24) is 10.3 Å². The molecule has 1 aromatic heterocycles. The van der Waals surface area contributed by atoms with Gasteiger partial charge in [0.15, 0.2) is 0 Å². The van der Waals surface area contributed by atoms with Gasteiger partial charge >= 0.3 is 0 Å². The van der Waals surface area contributed by atoms with Crippen LogP contribution in [0, 0.1) is 5.41 Å². The van der Waals surface area contributed by atoms with Gasteiger partial charge in [-0.05, 0) is 40.4 Å². The Labute approximate surface area is 105 Å². The molecule has 1 N–H and O–H groups in total. The molecular formula is C12H17BrN2O. The van der Waals surface area contributed by atoms with E-state index in [1.165, 1.54) is 0 Å². The van der Waals surface area contributed by atoms with E-state index in [4.69, 9.17) is 0 Å². The predicted octanol–water partition coefficient (Wildman–Crippen LogP) is 3.01. The maximum absolute atomic E-state index is 11.8. The minimum absolute atomic E-state index is 0.0540. The fourth-order valence-corrected chi connectivity index (χ4v) is 1.24. The van der Waals surface area contributed by atoms with Crippen LogP contribution in [0.3, 0.4) is 0 Å². The van der Waals surface area contributed by atoms with Crippen molar-refractivity contribution in [2.24, 2.45) is 5.41 Å². The van der Waals surface area contributed by atoms with Crippen LogP contribution in [0.15, 0.2) is 22.9 Å². The lowest BCUT2D eigenvalue weighted by Gasteiger charge is -2.28. The normalized spacial score (nSPS) is 13.3. The van der Waals surface area contributed by atoms with Crippen LogP contribution in [-0.4, -0.2) is 16.9 Å². The van der Waals surface area contributed by atoms with Crippen molar-refractivity contribution in [3.63, 3.8) is 0 Å². The zero-order valence-electron chi connectivity index (χ0n) is 10.0. The maximum atomic E-state index is 11.8. The lowest BCUT2D eigenvalue weighted by molar-refractivity contribution is 0.0909. The Kier molecular flexibility index (Phi) is 4.08. The molecule has 0 saturated heterocycles. The Hall–Kier alpha value is -0.900. The van der Waals surface area contributed by atoms with Crippen LogP contribution in [0.1, 0.15) is 38.1 Å². The first-order chi connectivity index (χ1) is 7.30. The summed E-state index contributed by atoms with van der Waals surface area (Å²) in [6, 6.07) is 3.63. The molecule has 0 aliphatic carbocycles. The molecule has 0 aliphatic heterocycles. The summed E-state index contributed by atoms with van der Waals surface area (Å²) in [6.07, 6.45) is 1.56. The summed E-state index contributed by atoms with van der Waals surface area (Å²) < 4.78 is 0.730. The largest absolute Gasteiger partial charge is 0.349 e. The van der Waals surface area contributed by atoms with E-state index in [-0.39, 0.29) is 17.4 Å². The Balaban J connectivity index is 2.70. The number of nitrogens with zero attached hydrogens (tertiary/aromatic N) is 1. The van der Waals surface area contributed by atoms with Gasteiger partial charge in [0.1, 0.15) is 4.60 Å². The summed E-state index contributed by atoms with van der Waals surface area (Å²) in [6.45, 7) is 8.29. The second-order valence-electron chi connectivity index (χ2n) is 4.93. The van der Waals surface area contributed by atoms with E-state index in [1.54, 1.807) is 18.3 Å². The van der Waals surface area contributed by atoms with Gasteiger partial charge in [-0.15, -0.1) is 0 Å². The lowest BCUT2D eigenvalue weighted by Crippen LogP contribution is -2.41. The molecule has 1 heterocycles. The number of carbonyl (C=O) groups excluding carboxylic acids is 1. The van der Waals surface area contributed by atoms with Gasteiger partial charge in [0.2, 0.25) is 0 Å². The molecule has 1 amide bonds. The monoisotopic (exact) mass is 284 g/mol. The van der Waals surface area contributed by atoms with E-state index in [0.717, 1.165) is 4.60 Å². The number of pyridine rings is 1. The van der Waals surface area contributed by atoms with Crippen LogP contribution in [0.2, 0.25) is 0 Å². The molecule has 0 saturated carbocycles. The van der Waals surface area contributed by atoms with Crippen molar-refractivity contribution in [1.29, 1.82) is 0 Å². The molecule has 88 valence electrons. The van der Waals surface area contributed by atoms with Gasteiger partial charge in [-0.2, -0.15) is 0 Å². The van der Waals surface area contributed by atoms with Gasteiger partial charge in [-0.25, -0.2) is 4.98 Å². The van der Waals surface area contributed by atoms with Crippen LogP contribution in [0.25, 0.3) is 0 Å². The highest BCUT2D eigenvalue weighted by Gasteiger charge is 2.22. The Morgan fingerprint density at radius 1 is 1.44 bits per heavy atom. The van der Waals surface area contributed by atoms with Crippen molar-refractivity contribution < 1.29 is 4.79 Å². The van der Waals surface area contributed by atoms with Gasteiger partial charge in [0.05, 0.1) is 5.56 Å². The third-order valence-electron chi connectivity index (χ3n) is 2.64. The fraction of sp³-hybridized carbons (Fsp3) is 0.500. The minimum atomic E-state index is -0.0811. The molecule has 16 heavy (non-hydrogen) atoms. The molecule has 0 spiro atoms. The first kappa shape index (κ1) is 13.2. The fourth-order valence-electron chi connectivity index (χ4n) is 1.01. The van der Waals surface area contributed by atoms with Crippen LogP contribution < -0.4 is 5.32 Å². The number of aromatic nitrogens is 1. The van der Waals surface area contributed by atoms with Gasteiger partial charge in [0, 0.05) is 12.2 Å². The number of rotatable bonds is 2. The predicted molar refractivity (Wildman–Crippen MR) is 68.3 cm³/mol. The molecule has 1 atom stereocenters. The van der Waals surface area contributed by atoms with Gasteiger partial charge in [-0.3, -0.25) is 4.79 Å². The van der Waals surface area contributed by atoms with Crippen LogP contribution in [0.5, 0.6) is 0 Å². The average molecular weight is 285 g/mol. The van der Waals surface area contributed by atoms with Gasteiger partial charge in [-0.1, -0.05) is 20.8 Å². The second-order valence-corrected chi connectivity index (χ2v) is 5.74. The van der Waals surface area contributed by atoms with Crippen molar-refractivity contribution in [3.05, 3.63) is 28.5 Å². The summed E-state index contributed by atoms with van der Waals surface area (Å²) in [4.78, 5) is 15.9. The van der Waals surface area contributed by atoms with Gasteiger partial charge in [0.25, 0.3) is 5.91 Å². The first-order valence-electron chi connectivity index (χ1n) is 5.23. The summed E-state index contributed by atoms with van der Waals surface area (Å²) >= 11 is 3.23. The molecule has 0 radical (unpaired) electrons. The van der Waals surface area contributed by atoms with Crippen molar-refractivity contribution in [3.8, 4) is 0 Å². The maximum Gasteiger partial charge on any atom is 0.253 e. The summed E-state index contributed by atoms with van der Waals surface area (Å²) in [7, 11) is 0. The quantitative estimate of drug-likeness (QED) is 0.849. The van der Waals surface area contributed by atoms with Crippen LogP contribution in [-0.2, 0) is 0 Å². The van der Waals surface area contributed by atoms with E-state index in [1.807, 2.05) is 6.92 Å². The van der Waals surface area contributed by atoms with E-state index in [9.17, 15) is 4.79 Å². The van der Waals surface area contributed by atoms with E-state index >= 15 is 0 Å². The number of hydrogen-bond acceptors (Lipinski definition) is 2. The number of nitrogens with one attached hydrogen (secondary N) is 1. The smallest absolute Gasteiger partial charge is 0.253 e. The third-order valence-corrected chi connectivity index (χ3v) is 3.11. The molecule has 0 aromatic carbocycles. The molecule has 3 nitrogen and oxygen atoms in total. The van der Waals surface area contributed by atoms with E-state index < -0.39 is 0 Å². The number of amides is 1. The SMILES string of the molecule is CC(NC(=O)c1ccc(Br)nc1)C(C)(C)C. The minimum Gasteiger partial charge on any atom is -0.349 e. The summed E-state index contributed by atoms with van der Waals surface area (Å²) in [5, 5.41) is 2.96. The van der Waals surface area contributed by atoms with E-state index in [0.29, 0.717) is 5.56 Å². The first-order valence-corrected chi connectivity index (χ1v) is 6.02. The van der Waals surface area contributed by atoms with Crippen LogP contribution in [0.4, 0.5) is 0 Å². The molecule has 0 aliphatic rings. The highest BCUT2D eigenvalue weighted by Crippen LogP contribution is 2.18. The number of carbonyl (C=O) groups is 1. The van der Waals surface area contributed by atoms with Crippen molar-refractivity contribution >= 4 is 21.8 Å². The van der Waals surface area contributed by atoms with E-state index in [2.05, 4.69) is 47.0 Å². The number of halogens is 1. The Bertz CT molecular complexity index is 368.